The number of thiazole rings is 1. The molecule has 128 valence electrons. The lowest BCUT2D eigenvalue weighted by atomic mass is 10.2. The highest BCUT2D eigenvalue weighted by Gasteiger charge is 2.09. The van der Waals surface area contributed by atoms with Crippen LogP contribution >= 0.6 is 66.4 Å². The van der Waals surface area contributed by atoms with Crippen LogP contribution in [-0.4, -0.2) is 16.3 Å². The first-order valence-corrected chi connectivity index (χ1v) is 10.0. The molecule has 0 atom stereocenters. The van der Waals surface area contributed by atoms with Gasteiger partial charge in [-0.3, -0.25) is 5.43 Å². The van der Waals surface area contributed by atoms with Crippen molar-refractivity contribution >= 4 is 77.7 Å². The van der Waals surface area contributed by atoms with E-state index in [2.05, 4.69) is 47.4 Å². The molecule has 0 radical (unpaired) electrons. The van der Waals surface area contributed by atoms with Crippen LogP contribution in [-0.2, 0) is 0 Å². The van der Waals surface area contributed by atoms with E-state index in [1.54, 1.807) is 30.5 Å². The molecule has 0 aliphatic heterocycles. The molecule has 0 amide bonds. The standard InChI is InChI=1S/C16H9Br2Cl2N3OS/c17-11-3-8(4-12(18)15(11)24)6-21-23-16-22-14(7-25-16)10-2-1-9(19)5-13(10)20/h1-7,24H,(H,22,23)/b21-6+. The Morgan fingerprint density at radius 1 is 1.16 bits per heavy atom. The summed E-state index contributed by atoms with van der Waals surface area (Å²) >= 11 is 20.1. The predicted octanol–water partition coefficient (Wildman–Crippen LogP) is 6.79. The molecule has 25 heavy (non-hydrogen) atoms. The number of halogens is 4. The molecule has 0 saturated carbocycles. The van der Waals surface area contributed by atoms with E-state index >= 15 is 0 Å². The smallest absolute Gasteiger partial charge is 0.203 e. The molecule has 0 spiro atoms. The van der Waals surface area contributed by atoms with Gasteiger partial charge in [-0.05, 0) is 67.8 Å². The number of benzene rings is 2. The molecule has 0 saturated heterocycles. The van der Waals surface area contributed by atoms with Crippen LogP contribution in [0.1, 0.15) is 5.56 Å². The Balaban J connectivity index is 1.74. The van der Waals surface area contributed by atoms with Crippen molar-refractivity contribution in [2.45, 2.75) is 0 Å². The monoisotopic (exact) mass is 519 g/mol. The third kappa shape index (κ3) is 4.54. The summed E-state index contributed by atoms with van der Waals surface area (Å²) in [5.74, 6) is 0.148. The Hall–Kier alpha value is -1.12. The minimum atomic E-state index is 0.148. The largest absolute Gasteiger partial charge is 0.506 e. The molecule has 0 aliphatic carbocycles. The Morgan fingerprint density at radius 3 is 2.56 bits per heavy atom. The molecule has 4 nitrogen and oxygen atoms in total. The van der Waals surface area contributed by atoms with Gasteiger partial charge in [0, 0.05) is 16.0 Å². The summed E-state index contributed by atoms with van der Waals surface area (Å²) in [6.45, 7) is 0. The highest BCUT2D eigenvalue weighted by atomic mass is 79.9. The first-order chi connectivity index (χ1) is 11.9. The van der Waals surface area contributed by atoms with Crippen molar-refractivity contribution in [3.63, 3.8) is 0 Å². The normalized spacial score (nSPS) is 11.2. The third-order valence-electron chi connectivity index (χ3n) is 3.12. The van der Waals surface area contributed by atoms with Gasteiger partial charge in [-0.1, -0.05) is 23.2 Å². The van der Waals surface area contributed by atoms with Crippen molar-refractivity contribution in [1.29, 1.82) is 0 Å². The van der Waals surface area contributed by atoms with Crippen molar-refractivity contribution in [1.82, 2.24) is 4.98 Å². The van der Waals surface area contributed by atoms with E-state index in [0.717, 1.165) is 16.8 Å². The van der Waals surface area contributed by atoms with Gasteiger partial charge in [0.1, 0.15) is 5.75 Å². The molecule has 0 aliphatic rings. The molecule has 3 rings (SSSR count). The highest BCUT2D eigenvalue weighted by Crippen LogP contribution is 2.33. The molecule has 0 fully saturated rings. The Labute approximate surface area is 174 Å². The summed E-state index contributed by atoms with van der Waals surface area (Å²) in [4.78, 5) is 4.46. The van der Waals surface area contributed by atoms with Crippen LogP contribution in [0.3, 0.4) is 0 Å². The molecular weight excluding hydrogens is 513 g/mol. The number of nitrogens with zero attached hydrogens (tertiary/aromatic N) is 2. The number of aromatic nitrogens is 1. The van der Waals surface area contributed by atoms with Crippen molar-refractivity contribution in [2.75, 3.05) is 5.43 Å². The molecule has 1 heterocycles. The van der Waals surface area contributed by atoms with E-state index in [9.17, 15) is 5.11 Å². The van der Waals surface area contributed by atoms with Gasteiger partial charge < -0.3 is 5.11 Å². The molecule has 2 aromatic carbocycles. The maximum atomic E-state index is 9.70. The van der Waals surface area contributed by atoms with E-state index in [1.807, 2.05) is 11.4 Å². The van der Waals surface area contributed by atoms with Gasteiger partial charge in [0.2, 0.25) is 5.13 Å². The zero-order chi connectivity index (χ0) is 18.0. The predicted molar refractivity (Wildman–Crippen MR) is 112 cm³/mol. The quantitative estimate of drug-likeness (QED) is 0.293. The fourth-order valence-electron chi connectivity index (χ4n) is 1.97. The lowest BCUT2D eigenvalue weighted by molar-refractivity contribution is 0.468. The van der Waals surface area contributed by atoms with Gasteiger partial charge in [-0.2, -0.15) is 5.10 Å². The zero-order valence-corrected chi connectivity index (χ0v) is 17.8. The lowest BCUT2D eigenvalue weighted by Crippen LogP contribution is -1.91. The molecule has 0 unspecified atom stereocenters. The molecule has 0 bridgehead atoms. The first-order valence-electron chi connectivity index (χ1n) is 6.82. The minimum Gasteiger partial charge on any atom is -0.506 e. The fraction of sp³-hybridized carbons (Fsp3) is 0. The van der Waals surface area contributed by atoms with Crippen molar-refractivity contribution < 1.29 is 5.11 Å². The fourth-order valence-corrected chi connectivity index (χ4v) is 4.35. The molecule has 2 N–H and O–H groups in total. The van der Waals surface area contributed by atoms with Crippen LogP contribution in [0.5, 0.6) is 5.75 Å². The summed E-state index contributed by atoms with van der Waals surface area (Å²) in [6.07, 6.45) is 1.63. The van der Waals surface area contributed by atoms with Crippen LogP contribution in [0, 0.1) is 0 Å². The number of hydrazone groups is 1. The number of aromatic hydroxyl groups is 1. The summed E-state index contributed by atoms with van der Waals surface area (Å²) in [5, 5.41) is 17.5. The van der Waals surface area contributed by atoms with E-state index in [0.29, 0.717) is 24.1 Å². The van der Waals surface area contributed by atoms with Crippen LogP contribution in [0.4, 0.5) is 5.13 Å². The molecule has 1 aromatic heterocycles. The van der Waals surface area contributed by atoms with E-state index in [-0.39, 0.29) is 5.75 Å². The second kappa shape index (κ2) is 8.05. The number of rotatable bonds is 4. The average Bonchev–Trinajstić information content (AvgIpc) is 3.01. The molecule has 3 aromatic rings. The number of hydrogen-bond acceptors (Lipinski definition) is 5. The van der Waals surface area contributed by atoms with Gasteiger partial charge in [-0.15, -0.1) is 11.3 Å². The number of phenols is 1. The van der Waals surface area contributed by atoms with Crippen molar-refractivity contribution in [2.24, 2.45) is 5.10 Å². The lowest BCUT2D eigenvalue weighted by Gasteiger charge is -2.02. The number of anilines is 1. The van der Waals surface area contributed by atoms with E-state index in [1.165, 1.54) is 11.3 Å². The zero-order valence-electron chi connectivity index (χ0n) is 12.3. The molecule has 9 heteroatoms. The van der Waals surface area contributed by atoms with Crippen LogP contribution in [0.2, 0.25) is 10.0 Å². The van der Waals surface area contributed by atoms with Crippen molar-refractivity contribution in [3.8, 4) is 17.0 Å². The Morgan fingerprint density at radius 2 is 1.88 bits per heavy atom. The second-order valence-electron chi connectivity index (χ2n) is 4.87. The van der Waals surface area contributed by atoms with Gasteiger partial charge in [0.25, 0.3) is 0 Å². The maximum absolute atomic E-state index is 9.70. The number of hydrogen-bond donors (Lipinski definition) is 2. The van der Waals surface area contributed by atoms with Crippen molar-refractivity contribution in [3.05, 3.63) is 60.3 Å². The van der Waals surface area contributed by atoms with Gasteiger partial charge in [-0.25, -0.2) is 4.98 Å². The van der Waals surface area contributed by atoms with Crippen LogP contribution < -0.4 is 5.43 Å². The summed E-state index contributed by atoms with van der Waals surface area (Å²) in [5.41, 5.74) is 5.25. The maximum Gasteiger partial charge on any atom is 0.203 e. The first kappa shape index (κ1) is 18.7. The molecular formula is C16H9Br2Cl2N3OS. The Bertz CT molecular complexity index is 939. The van der Waals surface area contributed by atoms with Crippen LogP contribution in [0.15, 0.2) is 49.8 Å². The summed E-state index contributed by atoms with van der Waals surface area (Å²) < 4.78 is 1.16. The van der Waals surface area contributed by atoms with E-state index in [4.69, 9.17) is 23.2 Å². The topological polar surface area (TPSA) is 57.5 Å². The van der Waals surface area contributed by atoms with E-state index < -0.39 is 0 Å². The van der Waals surface area contributed by atoms with Gasteiger partial charge in [0.05, 0.1) is 25.9 Å². The third-order valence-corrected chi connectivity index (χ3v) is 5.63. The Kier molecular flexibility index (Phi) is 6.01. The SMILES string of the molecule is Oc1c(Br)cc(/C=N/Nc2nc(-c3ccc(Cl)cc3Cl)cs2)cc1Br. The average molecular weight is 522 g/mol. The minimum absolute atomic E-state index is 0.148. The highest BCUT2D eigenvalue weighted by molar-refractivity contribution is 9.11. The number of phenolic OH excluding ortho intramolecular Hbond substituents is 1. The number of nitrogens with one attached hydrogen (secondary N) is 1. The van der Waals surface area contributed by atoms with Crippen LogP contribution in [0.25, 0.3) is 11.3 Å². The summed E-state index contributed by atoms with van der Waals surface area (Å²) in [6, 6.07) is 8.80. The second-order valence-corrected chi connectivity index (χ2v) is 8.28. The summed E-state index contributed by atoms with van der Waals surface area (Å²) in [7, 11) is 0. The van der Waals surface area contributed by atoms with Gasteiger partial charge >= 0.3 is 0 Å². The van der Waals surface area contributed by atoms with Gasteiger partial charge in [0.15, 0.2) is 0 Å².